The molecular weight excluding hydrogens is 344 g/mol. The first-order valence-corrected chi connectivity index (χ1v) is 10.9. The van der Waals surface area contributed by atoms with Gasteiger partial charge >= 0.3 is 5.97 Å². The lowest BCUT2D eigenvalue weighted by molar-refractivity contribution is -0.194. The molecule has 5 nitrogen and oxygen atoms in total. The minimum Gasteiger partial charge on any atom is -0.459 e. The van der Waals surface area contributed by atoms with Gasteiger partial charge in [-0.3, -0.25) is 4.79 Å². The van der Waals surface area contributed by atoms with Gasteiger partial charge in [0, 0.05) is 24.9 Å². The number of ether oxygens (including phenoxy) is 3. The number of fused-ring (bicyclic) bond motifs is 5. The lowest BCUT2D eigenvalue weighted by Gasteiger charge is -2.61. The van der Waals surface area contributed by atoms with Gasteiger partial charge in [0.25, 0.3) is 0 Å². The summed E-state index contributed by atoms with van der Waals surface area (Å²) in [4.78, 5) is 11.9. The van der Waals surface area contributed by atoms with E-state index in [1.54, 1.807) is 0 Å². The largest absolute Gasteiger partial charge is 0.459 e. The molecule has 4 aliphatic rings. The smallest absolute Gasteiger partial charge is 0.305 e. The number of aliphatic hydroxyl groups excluding tert-OH is 1. The van der Waals surface area contributed by atoms with E-state index in [-0.39, 0.29) is 41.0 Å². The van der Waals surface area contributed by atoms with E-state index in [2.05, 4.69) is 13.8 Å². The summed E-state index contributed by atoms with van der Waals surface area (Å²) >= 11 is 0. The van der Waals surface area contributed by atoms with Crippen molar-refractivity contribution in [3.8, 4) is 0 Å². The fourth-order valence-corrected chi connectivity index (χ4v) is 7.03. The second kappa shape index (κ2) is 7.00. The Balaban J connectivity index is 1.58. The van der Waals surface area contributed by atoms with E-state index in [0.717, 1.165) is 32.1 Å². The number of aliphatic hydroxyl groups is 1. The van der Waals surface area contributed by atoms with E-state index in [0.29, 0.717) is 31.0 Å². The van der Waals surface area contributed by atoms with Gasteiger partial charge in [-0.15, -0.1) is 0 Å². The SMILES string of the molecule is CCC(=O)O[C@H]1COC2C3C(CC[C@@]21C)[C@@]1(C)CC[C@H](OC)CC1C[C@@H]3O. The van der Waals surface area contributed by atoms with Crippen molar-refractivity contribution in [3.05, 3.63) is 0 Å². The summed E-state index contributed by atoms with van der Waals surface area (Å²) in [5.41, 5.74) is 0.0711. The van der Waals surface area contributed by atoms with Gasteiger partial charge in [-0.2, -0.15) is 0 Å². The average Bonchev–Trinajstić information content (AvgIpc) is 2.98. The predicted octanol–water partition coefficient (Wildman–Crippen LogP) is 3.33. The van der Waals surface area contributed by atoms with Crippen LogP contribution in [-0.4, -0.2) is 49.2 Å². The maximum atomic E-state index is 11.9. The van der Waals surface area contributed by atoms with Crippen molar-refractivity contribution in [3.63, 3.8) is 0 Å². The molecular formula is C22H36O5. The van der Waals surface area contributed by atoms with E-state index in [4.69, 9.17) is 14.2 Å². The van der Waals surface area contributed by atoms with Crippen LogP contribution in [0.1, 0.15) is 65.7 Å². The van der Waals surface area contributed by atoms with Gasteiger partial charge in [-0.1, -0.05) is 20.8 Å². The summed E-state index contributed by atoms with van der Waals surface area (Å²) in [7, 11) is 1.81. The van der Waals surface area contributed by atoms with Crippen LogP contribution < -0.4 is 0 Å². The predicted molar refractivity (Wildman–Crippen MR) is 101 cm³/mol. The van der Waals surface area contributed by atoms with Crippen LogP contribution in [0.25, 0.3) is 0 Å². The zero-order chi connectivity index (χ0) is 19.4. The standard InChI is InChI=1S/C22H36O5/c1-5-18(24)27-17-12-26-20-19-15(7-9-22(17,20)3)21(2)8-6-14(25-4)10-13(21)11-16(19)23/h13-17,19-20,23H,5-12H2,1-4H3/t13?,14-,15?,16-,17-,19?,20?,21-,22+/m0/s1. The maximum absolute atomic E-state index is 11.9. The van der Waals surface area contributed by atoms with Crippen molar-refractivity contribution in [1.82, 2.24) is 0 Å². The van der Waals surface area contributed by atoms with Gasteiger partial charge in [0.15, 0.2) is 0 Å². The molecule has 9 atom stereocenters. The molecule has 1 saturated heterocycles. The highest BCUT2D eigenvalue weighted by Crippen LogP contribution is 2.63. The Labute approximate surface area is 163 Å². The quantitative estimate of drug-likeness (QED) is 0.761. The molecule has 154 valence electrons. The monoisotopic (exact) mass is 380 g/mol. The van der Waals surface area contributed by atoms with Gasteiger partial charge in [0.05, 0.1) is 24.9 Å². The molecule has 3 aliphatic carbocycles. The van der Waals surface area contributed by atoms with E-state index in [1.165, 1.54) is 6.42 Å². The minimum absolute atomic E-state index is 0.0150. The lowest BCUT2D eigenvalue weighted by atomic mass is 9.45. The molecule has 0 spiro atoms. The molecule has 0 aromatic rings. The number of rotatable bonds is 3. The third kappa shape index (κ3) is 2.96. The van der Waals surface area contributed by atoms with Crippen LogP contribution in [0, 0.1) is 28.6 Å². The molecule has 4 fully saturated rings. The van der Waals surface area contributed by atoms with Gasteiger partial charge in [0.1, 0.15) is 6.10 Å². The lowest BCUT2D eigenvalue weighted by Crippen LogP contribution is -2.61. The molecule has 4 rings (SSSR count). The van der Waals surface area contributed by atoms with Crippen LogP contribution in [0.3, 0.4) is 0 Å². The second-order valence-corrected chi connectivity index (χ2v) is 9.95. The third-order valence-corrected chi connectivity index (χ3v) is 8.82. The molecule has 0 aromatic carbocycles. The van der Waals surface area contributed by atoms with E-state index < -0.39 is 0 Å². The van der Waals surface area contributed by atoms with Crippen LogP contribution in [0.5, 0.6) is 0 Å². The molecule has 4 unspecified atom stereocenters. The number of carbonyl (C=O) groups is 1. The molecule has 3 saturated carbocycles. The van der Waals surface area contributed by atoms with Crippen molar-refractivity contribution in [1.29, 1.82) is 0 Å². The summed E-state index contributed by atoms with van der Waals surface area (Å²) in [6.07, 6.45) is 6.47. The summed E-state index contributed by atoms with van der Waals surface area (Å²) in [5, 5.41) is 11.2. The second-order valence-electron chi connectivity index (χ2n) is 9.95. The molecule has 1 N–H and O–H groups in total. The van der Waals surface area contributed by atoms with Crippen LogP contribution in [0.15, 0.2) is 0 Å². The minimum atomic E-state index is -0.339. The number of hydrogen-bond acceptors (Lipinski definition) is 5. The first-order valence-electron chi connectivity index (χ1n) is 10.9. The fraction of sp³-hybridized carbons (Fsp3) is 0.955. The summed E-state index contributed by atoms with van der Waals surface area (Å²) in [6.45, 7) is 6.95. The zero-order valence-electron chi connectivity index (χ0n) is 17.3. The van der Waals surface area contributed by atoms with Gasteiger partial charge in [-0.05, 0) is 55.8 Å². The highest BCUT2D eigenvalue weighted by Gasteiger charge is 2.64. The van der Waals surface area contributed by atoms with Crippen LogP contribution in [-0.2, 0) is 19.0 Å². The number of methoxy groups -OCH3 is 1. The normalized spacial score (nSPS) is 51.8. The van der Waals surface area contributed by atoms with Gasteiger partial charge in [-0.25, -0.2) is 0 Å². The first kappa shape index (κ1) is 19.7. The Bertz CT molecular complexity index is 579. The molecule has 0 radical (unpaired) electrons. The summed E-state index contributed by atoms with van der Waals surface area (Å²) in [5.74, 6) is 0.991. The Morgan fingerprint density at radius 3 is 2.63 bits per heavy atom. The molecule has 0 aromatic heterocycles. The highest BCUT2D eigenvalue weighted by atomic mass is 16.6. The molecule has 1 heterocycles. The number of esters is 1. The van der Waals surface area contributed by atoms with E-state index >= 15 is 0 Å². The van der Waals surface area contributed by atoms with Gasteiger partial charge < -0.3 is 19.3 Å². The highest BCUT2D eigenvalue weighted by molar-refractivity contribution is 5.69. The number of hydrogen-bond donors (Lipinski definition) is 1. The molecule has 5 heteroatoms. The van der Waals surface area contributed by atoms with E-state index in [1.807, 2.05) is 14.0 Å². The van der Waals surface area contributed by atoms with Crippen molar-refractivity contribution in [2.75, 3.05) is 13.7 Å². The third-order valence-electron chi connectivity index (χ3n) is 8.82. The van der Waals surface area contributed by atoms with Crippen LogP contribution >= 0.6 is 0 Å². The van der Waals surface area contributed by atoms with Gasteiger partial charge in [0.2, 0.25) is 0 Å². The average molecular weight is 381 g/mol. The van der Waals surface area contributed by atoms with Crippen molar-refractivity contribution >= 4 is 5.97 Å². The number of carbonyl (C=O) groups excluding carboxylic acids is 1. The Morgan fingerprint density at radius 1 is 1.19 bits per heavy atom. The Morgan fingerprint density at radius 2 is 1.93 bits per heavy atom. The topological polar surface area (TPSA) is 65.0 Å². The zero-order valence-corrected chi connectivity index (χ0v) is 17.3. The summed E-state index contributed by atoms with van der Waals surface area (Å²) in [6, 6.07) is 0. The van der Waals surface area contributed by atoms with Crippen molar-refractivity contribution < 1.29 is 24.1 Å². The Hall–Kier alpha value is -0.650. The molecule has 0 bridgehead atoms. The summed E-state index contributed by atoms with van der Waals surface area (Å²) < 4.78 is 17.7. The maximum Gasteiger partial charge on any atom is 0.305 e. The molecule has 1 aliphatic heterocycles. The van der Waals surface area contributed by atoms with Crippen LogP contribution in [0.4, 0.5) is 0 Å². The van der Waals surface area contributed by atoms with E-state index in [9.17, 15) is 9.90 Å². The first-order chi connectivity index (χ1) is 12.8. The fourth-order valence-electron chi connectivity index (χ4n) is 7.03. The molecule has 0 amide bonds. The van der Waals surface area contributed by atoms with Crippen LogP contribution in [0.2, 0.25) is 0 Å². The van der Waals surface area contributed by atoms with Crippen molar-refractivity contribution in [2.24, 2.45) is 28.6 Å². The Kier molecular flexibility index (Phi) is 5.09. The molecule has 27 heavy (non-hydrogen) atoms. The van der Waals surface area contributed by atoms with Crippen molar-refractivity contribution in [2.45, 2.75) is 90.1 Å².